The molecule has 100 valence electrons. The second-order valence-corrected chi connectivity index (χ2v) is 6.57. The predicted molar refractivity (Wildman–Crippen MR) is 66.3 cm³/mol. The second kappa shape index (κ2) is 7.60. The van der Waals surface area contributed by atoms with Crippen molar-refractivity contribution in [3.8, 4) is 0 Å². The maximum absolute atomic E-state index is 11.4. The van der Waals surface area contributed by atoms with Gasteiger partial charge in [0.05, 0.1) is 0 Å². The number of esters is 1. The zero-order valence-corrected chi connectivity index (χ0v) is 12.2. The number of rotatable bonds is 8. The van der Waals surface area contributed by atoms with Crippen LogP contribution in [0.5, 0.6) is 0 Å². The molecule has 0 spiro atoms. The van der Waals surface area contributed by atoms with Crippen molar-refractivity contribution in [2.24, 2.45) is 0 Å². The van der Waals surface area contributed by atoms with E-state index in [1.54, 1.807) is 13.5 Å². The first-order chi connectivity index (χ1) is 7.88. The Balaban J connectivity index is 4.52. The van der Waals surface area contributed by atoms with Gasteiger partial charge >= 0.3 is 14.8 Å². The van der Waals surface area contributed by atoms with Crippen LogP contribution in [-0.2, 0) is 22.8 Å². The van der Waals surface area contributed by atoms with Gasteiger partial charge in [0.1, 0.15) is 0 Å². The topological polar surface area (TPSA) is 54.0 Å². The molecule has 0 heterocycles. The summed E-state index contributed by atoms with van der Waals surface area (Å²) >= 11 is 0. The normalized spacial score (nSPS) is 13.2. The minimum absolute atomic E-state index is 0.341. The van der Waals surface area contributed by atoms with Crippen molar-refractivity contribution in [1.82, 2.24) is 0 Å². The number of carbonyl (C=O) groups is 1. The van der Waals surface area contributed by atoms with Crippen LogP contribution in [0.3, 0.4) is 0 Å². The first kappa shape index (κ1) is 16.3. The molecular weight excluding hydrogens is 240 g/mol. The molecule has 0 aliphatic heterocycles. The van der Waals surface area contributed by atoms with Gasteiger partial charge in [-0.1, -0.05) is 19.9 Å². The maximum Gasteiger partial charge on any atom is 0.499 e. The molecule has 0 rings (SSSR count). The van der Waals surface area contributed by atoms with E-state index >= 15 is 0 Å². The molecule has 0 aliphatic rings. The average molecular weight is 262 g/mol. The Hall–Kier alpha value is -0.693. The van der Waals surface area contributed by atoms with Gasteiger partial charge in [0, 0.05) is 32.8 Å². The van der Waals surface area contributed by atoms with E-state index in [1.165, 1.54) is 14.2 Å². The van der Waals surface area contributed by atoms with Crippen molar-refractivity contribution in [3.63, 3.8) is 0 Å². The Morgan fingerprint density at radius 1 is 1.35 bits per heavy atom. The average Bonchev–Trinajstić information content (AvgIpc) is 2.28. The lowest BCUT2D eigenvalue weighted by Crippen LogP contribution is -2.44. The Bertz CT molecular complexity index is 263. The van der Waals surface area contributed by atoms with E-state index in [1.807, 2.05) is 6.92 Å². The van der Waals surface area contributed by atoms with Crippen molar-refractivity contribution in [2.75, 3.05) is 14.2 Å². The Kier molecular flexibility index (Phi) is 7.29. The summed E-state index contributed by atoms with van der Waals surface area (Å²) in [6.45, 7) is 8.83. The highest BCUT2D eigenvalue weighted by Crippen LogP contribution is 2.15. The van der Waals surface area contributed by atoms with Crippen molar-refractivity contribution in [2.45, 2.75) is 39.5 Å². The van der Waals surface area contributed by atoms with Gasteiger partial charge in [-0.2, -0.15) is 0 Å². The van der Waals surface area contributed by atoms with E-state index in [4.69, 9.17) is 18.0 Å². The third-order valence-corrected chi connectivity index (χ3v) is 4.37. The number of hydrogen-bond acceptors (Lipinski definition) is 5. The van der Waals surface area contributed by atoms with E-state index in [2.05, 4.69) is 6.58 Å². The lowest BCUT2D eigenvalue weighted by molar-refractivity contribution is -0.165. The van der Waals surface area contributed by atoms with Crippen molar-refractivity contribution in [3.05, 3.63) is 12.2 Å². The molecule has 0 N–H and O–H groups in total. The standard InChI is InChI=1S/C11H22O5Si/c1-7-8-10(15-11(12)9(2)3)16-17(6,13-4)14-5/h10H,2,7-8H2,1,3-6H3. The Morgan fingerprint density at radius 2 is 1.88 bits per heavy atom. The molecule has 0 saturated heterocycles. The first-order valence-corrected chi connectivity index (χ1v) is 7.75. The molecule has 0 saturated carbocycles. The molecule has 0 aromatic rings. The van der Waals surface area contributed by atoms with Crippen LogP contribution >= 0.6 is 0 Å². The van der Waals surface area contributed by atoms with Crippen LogP contribution in [0.2, 0.25) is 6.55 Å². The van der Waals surface area contributed by atoms with E-state index in [0.717, 1.165) is 6.42 Å². The largest absolute Gasteiger partial charge is 0.499 e. The summed E-state index contributed by atoms with van der Waals surface area (Å²) in [5, 5.41) is 0. The van der Waals surface area contributed by atoms with Crippen molar-refractivity contribution < 1.29 is 22.8 Å². The SMILES string of the molecule is C=C(C)C(=O)OC(CCC)O[Si](C)(OC)OC. The quantitative estimate of drug-likeness (QED) is 0.290. The molecule has 0 aromatic heterocycles. The molecule has 0 aromatic carbocycles. The smallest absolute Gasteiger partial charge is 0.433 e. The van der Waals surface area contributed by atoms with E-state index in [-0.39, 0.29) is 0 Å². The van der Waals surface area contributed by atoms with Crippen LogP contribution in [0, 0.1) is 0 Å². The fraction of sp³-hybridized carbons (Fsp3) is 0.727. The van der Waals surface area contributed by atoms with Gasteiger partial charge in [-0.05, 0) is 6.92 Å². The maximum atomic E-state index is 11.4. The monoisotopic (exact) mass is 262 g/mol. The fourth-order valence-corrected chi connectivity index (χ4v) is 2.02. The Labute approximate surface area is 104 Å². The van der Waals surface area contributed by atoms with Crippen molar-refractivity contribution >= 4 is 14.8 Å². The first-order valence-electron chi connectivity index (χ1n) is 5.53. The summed E-state index contributed by atoms with van der Waals surface area (Å²) in [6.07, 6.45) is 0.765. The zero-order valence-electron chi connectivity index (χ0n) is 11.2. The van der Waals surface area contributed by atoms with Gasteiger partial charge in [-0.25, -0.2) is 4.79 Å². The summed E-state index contributed by atoms with van der Waals surface area (Å²) in [5.74, 6) is -0.466. The summed E-state index contributed by atoms with van der Waals surface area (Å²) in [4.78, 5) is 11.4. The van der Waals surface area contributed by atoms with Gasteiger partial charge in [0.15, 0.2) is 6.29 Å². The van der Waals surface area contributed by atoms with Gasteiger partial charge in [0.2, 0.25) is 0 Å². The number of ether oxygens (including phenoxy) is 1. The predicted octanol–water partition coefficient (Wildman–Crippen LogP) is 2.11. The second-order valence-electron chi connectivity index (χ2n) is 3.79. The van der Waals surface area contributed by atoms with Crippen LogP contribution in [0.15, 0.2) is 12.2 Å². The molecule has 1 atom stereocenters. The highest BCUT2D eigenvalue weighted by atomic mass is 28.4. The molecular formula is C11H22O5Si. The third kappa shape index (κ3) is 5.97. The Morgan fingerprint density at radius 3 is 2.24 bits per heavy atom. The van der Waals surface area contributed by atoms with E-state index in [0.29, 0.717) is 12.0 Å². The zero-order chi connectivity index (χ0) is 13.5. The van der Waals surface area contributed by atoms with Gasteiger partial charge in [0.25, 0.3) is 0 Å². The van der Waals surface area contributed by atoms with Crippen molar-refractivity contribution in [1.29, 1.82) is 0 Å². The number of hydrogen-bond donors (Lipinski definition) is 0. The molecule has 0 amide bonds. The highest BCUT2D eigenvalue weighted by Gasteiger charge is 2.36. The highest BCUT2D eigenvalue weighted by molar-refractivity contribution is 6.59. The molecule has 17 heavy (non-hydrogen) atoms. The molecule has 6 heteroatoms. The molecule has 1 unspecified atom stereocenters. The molecule has 0 bridgehead atoms. The summed E-state index contributed by atoms with van der Waals surface area (Å²) < 4.78 is 21.1. The lowest BCUT2D eigenvalue weighted by atomic mass is 10.3. The van der Waals surface area contributed by atoms with E-state index in [9.17, 15) is 4.79 Å². The molecule has 5 nitrogen and oxygen atoms in total. The molecule has 0 fully saturated rings. The number of carbonyl (C=O) groups excluding carboxylic acids is 1. The van der Waals surface area contributed by atoms with Gasteiger partial charge < -0.3 is 18.0 Å². The lowest BCUT2D eigenvalue weighted by Gasteiger charge is -2.27. The molecule has 0 radical (unpaired) electrons. The summed E-state index contributed by atoms with van der Waals surface area (Å²) in [5.41, 5.74) is 0.341. The van der Waals surface area contributed by atoms with Gasteiger partial charge in [-0.3, -0.25) is 0 Å². The van der Waals surface area contributed by atoms with Gasteiger partial charge in [-0.15, -0.1) is 0 Å². The summed E-state index contributed by atoms with van der Waals surface area (Å²) in [6, 6.07) is 0. The van der Waals surface area contributed by atoms with Crippen LogP contribution in [0.25, 0.3) is 0 Å². The van der Waals surface area contributed by atoms with Crippen LogP contribution in [-0.4, -0.2) is 35.3 Å². The van der Waals surface area contributed by atoms with Crippen LogP contribution < -0.4 is 0 Å². The van der Waals surface area contributed by atoms with Crippen LogP contribution in [0.4, 0.5) is 0 Å². The fourth-order valence-electron chi connectivity index (χ4n) is 1.02. The summed E-state index contributed by atoms with van der Waals surface area (Å²) in [7, 11) is 0.320. The minimum Gasteiger partial charge on any atom is -0.433 e. The molecule has 0 aliphatic carbocycles. The third-order valence-electron chi connectivity index (χ3n) is 2.20. The van der Waals surface area contributed by atoms with Crippen LogP contribution in [0.1, 0.15) is 26.7 Å². The minimum atomic E-state index is -2.71. The van der Waals surface area contributed by atoms with E-state index < -0.39 is 21.1 Å².